The number of benzene rings is 3. The number of aliphatic hydroxyl groups is 2. The third-order valence-electron chi connectivity index (χ3n) is 15.2. The number of aliphatic hydroxyl groups excluding tert-OH is 2. The Hall–Kier alpha value is -8.05. The molecule has 4 atom stereocenters. The van der Waals surface area contributed by atoms with Crippen LogP contribution in [0, 0.1) is 16.7 Å². The molecule has 23 heteroatoms. The van der Waals surface area contributed by atoms with Crippen molar-refractivity contribution in [3.8, 4) is 23.0 Å². The lowest BCUT2D eigenvalue weighted by molar-refractivity contribution is -0.128. The van der Waals surface area contributed by atoms with E-state index in [2.05, 4.69) is 39.7 Å². The van der Waals surface area contributed by atoms with Crippen LogP contribution >= 0.6 is 0 Å². The first kappa shape index (κ1) is 61.6. The highest BCUT2D eigenvalue weighted by atomic mass is 16.6. The normalized spacial score (nSPS) is 17.7. The number of carbonyl (C=O) groups is 7. The lowest BCUT2D eigenvalue weighted by Crippen LogP contribution is -2.53. The molecule has 82 heavy (non-hydrogen) atoms. The second kappa shape index (κ2) is 28.1. The molecule has 23 nitrogen and oxygen atoms in total. The van der Waals surface area contributed by atoms with Gasteiger partial charge in [0.2, 0.25) is 11.8 Å². The fourth-order valence-corrected chi connectivity index (χ4v) is 10.2. The largest absolute Gasteiger partial charge is 0.493 e. The van der Waals surface area contributed by atoms with E-state index in [0.717, 1.165) is 25.7 Å². The molecule has 0 radical (unpaired) electrons. The summed E-state index contributed by atoms with van der Waals surface area (Å²) in [5.41, 5.74) is 1.48. The highest BCUT2D eigenvalue weighted by Gasteiger charge is 2.54. The third kappa shape index (κ3) is 15.9. The molecule has 7 amide bonds. The Morgan fingerprint density at radius 3 is 1.54 bits per heavy atom. The molecule has 4 fully saturated rings. The van der Waals surface area contributed by atoms with Crippen molar-refractivity contribution in [3.63, 3.8) is 0 Å². The fourth-order valence-electron chi connectivity index (χ4n) is 10.2. The Labute approximate surface area is 477 Å². The summed E-state index contributed by atoms with van der Waals surface area (Å²) in [5.74, 6) is -1.13. The smallest absolute Gasteiger partial charge is 0.411 e. The Morgan fingerprint density at radius 2 is 1.10 bits per heavy atom. The van der Waals surface area contributed by atoms with Crippen molar-refractivity contribution < 1.29 is 76.9 Å². The maximum atomic E-state index is 14.4. The number of unbranched alkanes of at least 4 members (excludes halogenated alkanes) is 2. The standard InChI is InChI=1S/C59H77N7O16/c1-8-21-80-55(73)62-44-27-48(46(76-6)25-42(44)53(71)65-34-58(17-18-58)29-40(65)31-67)78-23-11-10-12-24-79-49-28-45(43(26-47(49)77-7)54(72)66-35-59(19-20-59)30-41(66)32-68)63-56(74)82-33-38-13-15-39(16-14-38)61-51(69)37(5)60-52(70)50(36(3)4)64-57(75)81-22-9-2/h8-9,13-16,25-28,36-37,40-41,50,67-68H,1-2,10-12,17-24,29-35H2,3-7H3,(H,60,70)(H,61,69)(H,62,73)(H,63,74)(H,64,75)/t37-,40-,41-,50-/m0/s1. The molecular formula is C59H77N7O16. The molecule has 4 aliphatic rings. The van der Waals surface area contributed by atoms with Crippen LogP contribution in [0.25, 0.3) is 0 Å². The van der Waals surface area contributed by atoms with E-state index in [1.165, 1.54) is 57.6 Å². The Morgan fingerprint density at radius 1 is 0.622 bits per heavy atom. The molecule has 2 spiro atoms. The van der Waals surface area contributed by atoms with Crippen molar-refractivity contribution in [1.29, 1.82) is 0 Å². The molecule has 2 saturated carbocycles. The topological polar surface area (TPSA) is 291 Å². The van der Waals surface area contributed by atoms with Crippen LogP contribution in [-0.4, -0.2) is 153 Å². The maximum Gasteiger partial charge on any atom is 0.411 e. The third-order valence-corrected chi connectivity index (χ3v) is 15.2. The average molecular weight is 1140 g/mol. The van der Waals surface area contributed by atoms with Gasteiger partial charge in [-0.1, -0.05) is 51.3 Å². The molecule has 7 rings (SSSR count). The molecule has 2 aliphatic heterocycles. The van der Waals surface area contributed by atoms with Crippen LogP contribution in [0.15, 0.2) is 73.8 Å². The van der Waals surface area contributed by atoms with Crippen molar-refractivity contribution in [1.82, 2.24) is 20.4 Å². The second-order valence-corrected chi connectivity index (χ2v) is 21.7. The molecule has 2 heterocycles. The van der Waals surface area contributed by atoms with Crippen LogP contribution in [0.1, 0.15) is 105 Å². The van der Waals surface area contributed by atoms with Crippen LogP contribution in [0.4, 0.5) is 31.4 Å². The van der Waals surface area contributed by atoms with Gasteiger partial charge >= 0.3 is 18.3 Å². The summed E-state index contributed by atoms with van der Waals surface area (Å²) in [6.45, 7) is 12.8. The van der Waals surface area contributed by atoms with Gasteiger partial charge in [0.25, 0.3) is 11.8 Å². The first-order valence-corrected chi connectivity index (χ1v) is 27.6. The Balaban J connectivity index is 0.956. The molecule has 0 aromatic heterocycles. The predicted molar refractivity (Wildman–Crippen MR) is 302 cm³/mol. The van der Waals surface area contributed by atoms with Gasteiger partial charge in [0, 0.05) is 30.9 Å². The zero-order valence-electron chi connectivity index (χ0n) is 47.3. The Bertz CT molecular complexity index is 2820. The number of nitrogens with zero attached hydrogens (tertiary/aromatic N) is 2. The number of nitrogens with one attached hydrogen (secondary N) is 5. The van der Waals surface area contributed by atoms with Gasteiger partial charge in [-0.05, 0) is 111 Å². The molecule has 3 aromatic carbocycles. The van der Waals surface area contributed by atoms with Gasteiger partial charge in [-0.2, -0.15) is 0 Å². The minimum absolute atomic E-state index is 0.0190. The zero-order chi connectivity index (χ0) is 59.1. The van der Waals surface area contributed by atoms with Gasteiger partial charge in [-0.15, -0.1) is 0 Å². The molecule has 0 unspecified atom stereocenters. The number of hydrogen-bond donors (Lipinski definition) is 7. The van der Waals surface area contributed by atoms with Crippen LogP contribution in [0.2, 0.25) is 0 Å². The molecule has 0 bridgehead atoms. The van der Waals surface area contributed by atoms with Gasteiger partial charge in [-0.3, -0.25) is 29.8 Å². The monoisotopic (exact) mass is 1140 g/mol. The molecule has 2 aliphatic carbocycles. The quantitative estimate of drug-likeness (QED) is 0.0215. The van der Waals surface area contributed by atoms with E-state index in [1.54, 1.807) is 47.9 Å². The summed E-state index contributed by atoms with van der Waals surface area (Å²) in [6, 6.07) is 9.84. The SMILES string of the molecule is C=CCOC(=O)Nc1cc(OCCCCCOc2cc(NC(=O)OCc3ccc(NC(=O)[C@H](C)NC(=O)[C@@H](NC(=O)OCC=C)C(C)C)cc3)c(C(=O)N3CC4(CC4)C[C@H]3CO)cc2OC)c(OC)cc1C(=O)N1CC2(CC2)C[C@H]1CO. The summed E-state index contributed by atoms with van der Waals surface area (Å²) >= 11 is 0. The van der Waals surface area contributed by atoms with Crippen LogP contribution in [0.3, 0.4) is 0 Å². The van der Waals surface area contributed by atoms with Gasteiger partial charge < -0.3 is 69.1 Å². The number of carbonyl (C=O) groups excluding carboxylic acids is 7. The molecular weight excluding hydrogens is 1060 g/mol. The number of anilines is 3. The van der Waals surface area contributed by atoms with Crippen molar-refractivity contribution in [2.24, 2.45) is 16.7 Å². The minimum Gasteiger partial charge on any atom is -0.493 e. The second-order valence-electron chi connectivity index (χ2n) is 21.7. The minimum atomic E-state index is -0.977. The summed E-state index contributed by atoms with van der Waals surface area (Å²) in [7, 11) is 2.89. The summed E-state index contributed by atoms with van der Waals surface area (Å²) in [4.78, 5) is 96.2. The number of amides is 7. The van der Waals surface area contributed by atoms with Crippen LogP contribution in [0.5, 0.6) is 23.0 Å². The molecule has 3 aromatic rings. The van der Waals surface area contributed by atoms with Crippen molar-refractivity contribution in [2.75, 3.05) is 82.9 Å². The van der Waals surface area contributed by atoms with E-state index in [4.69, 9.17) is 33.2 Å². The lowest BCUT2D eigenvalue weighted by atomic mass is 10.0. The number of ether oxygens (including phenoxy) is 7. The van der Waals surface area contributed by atoms with Crippen LogP contribution < -0.4 is 45.5 Å². The zero-order valence-corrected chi connectivity index (χ0v) is 47.3. The summed E-state index contributed by atoms with van der Waals surface area (Å²) in [5, 5.41) is 33.7. The number of hydrogen-bond acceptors (Lipinski definition) is 16. The van der Waals surface area contributed by atoms with Crippen LogP contribution in [-0.2, 0) is 30.4 Å². The van der Waals surface area contributed by atoms with E-state index in [9.17, 15) is 43.8 Å². The first-order valence-electron chi connectivity index (χ1n) is 27.6. The molecule has 444 valence electrons. The fraction of sp³-hybridized carbons (Fsp3) is 0.508. The highest BCUT2D eigenvalue weighted by Crippen LogP contribution is 2.56. The number of methoxy groups -OCH3 is 2. The van der Waals surface area contributed by atoms with Crippen molar-refractivity contribution in [2.45, 2.75) is 109 Å². The lowest BCUT2D eigenvalue weighted by Gasteiger charge is -2.25. The van der Waals surface area contributed by atoms with E-state index in [1.807, 2.05) is 0 Å². The van der Waals surface area contributed by atoms with E-state index < -0.39 is 54.1 Å². The van der Waals surface area contributed by atoms with E-state index >= 15 is 0 Å². The molecule has 2 saturated heterocycles. The predicted octanol–water partition coefficient (Wildman–Crippen LogP) is 7.17. The number of likely N-dealkylation sites (tertiary alicyclic amines) is 2. The maximum absolute atomic E-state index is 14.4. The molecule has 7 N–H and O–H groups in total. The van der Waals surface area contributed by atoms with Gasteiger partial charge in [0.1, 0.15) is 31.9 Å². The van der Waals surface area contributed by atoms with E-state index in [-0.39, 0.29) is 120 Å². The Kier molecular flexibility index (Phi) is 21.1. The van der Waals surface area contributed by atoms with Crippen molar-refractivity contribution in [3.05, 3.63) is 90.5 Å². The summed E-state index contributed by atoms with van der Waals surface area (Å²) < 4.78 is 39.4. The average Bonchev–Trinajstić information content (AvgIpc) is 2.61. The van der Waals surface area contributed by atoms with Crippen molar-refractivity contribution >= 4 is 59.0 Å². The first-order chi connectivity index (χ1) is 39.4. The van der Waals surface area contributed by atoms with E-state index in [0.29, 0.717) is 56.4 Å². The highest BCUT2D eigenvalue weighted by molar-refractivity contribution is 6.05. The van der Waals surface area contributed by atoms with Gasteiger partial charge in [0.15, 0.2) is 23.0 Å². The number of rotatable bonds is 28. The number of alkyl carbamates (subject to hydrolysis) is 1. The van der Waals surface area contributed by atoms with Gasteiger partial charge in [0.05, 0.1) is 75.2 Å². The summed E-state index contributed by atoms with van der Waals surface area (Å²) in [6.07, 6.45) is 7.36. The van der Waals surface area contributed by atoms with Gasteiger partial charge in [-0.25, -0.2) is 14.4 Å².